The lowest BCUT2D eigenvalue weighted by Crippen LogP contribution is -2.39. The second kappa shape index (κ2) is 7.72. The second-order valence-electron chi connectivity index (χ2n) is 5.76. The molecular weight excluding hydrogens is 311 g/mol. The molecule has 1 saturated carbocycles. The first-order valence-electron chi connectivity index (χ1n) is 7.60. The van der Waals surface area contributed by atoms with E-state index in [2.05, 4.69) is 15.3 Å². The van der Waals surface area contributed by atoms with Crippen molar-refractivity contribution >= 4 is 5.91 Å². The highest BCUT2D eigenvalue weighted by atomic mass is 19.4. The van der Waals surface area contributed by atoms with Crippen LogP contribution in [0.25, 0.3) is 0 Å². The Balaban J connectivity index is 1.87. The summed E-state index contributed by atoms with van der Waals surface area (Å²) >= 11 is 0. The zero-order valence-corrected chi connectivity index (χ0v) is 12.9. The van der Waals surface area contributed by atoms with E-state index in [9.17, 15) is 18.0 Å². The highest BCUT2D eigenvalue weighted by Crippen LogP contribution is 2.28. The largest absolute Gasteiger partial charge is 0.411 e. The first kappa shape index (κ1) is 17.7. The Morgan fingerprint density at radius 3 is 2.78 bits per heavy atom. The number of carbonyl (C=O) groups is 1. The third kappa shape index (κ3) is 5.78. The lowest BCUT2D eigenvalue weighted by molar-refractivity contribution is -0.193. The van der Waals surface area contributed by atoms with Crippen LogP contribution in [-0.2, 0) is 4.74 Å². The molecule has 1 aromatic rings. The highest BCUT2D eigenvalue weighted by molar-refractivity contribution is 5.92. The normalized spacial score (nSPS) is 21.9. The summed E-state index contributed by atoms with van der Waals surface area (Å²) in [6, 6.07) is 1.56. The Morgan fingerprint density at radius 2 is 2.09 bits per heavy atom. The van der Waals surface area contributed by atoms with E-state index in [-0.39, 0.29) is 24.1 Å². The van der Waals surface area contributed by atoms with Crippen molar-refractivity contribution in [3.8, 4) is 0 Å². The molecule has 0 radical (unpaired) electrons. The Kier molecular flexibility index (Phi) is 5.92. The monoisotopic (exact) mass is 331 g/mol. The molecule has 2 atom stereocenters. The number of ether oxygens (including phenoxy) is 1. The van der Waals surface area contributed by atoms with Gasteiger partial charge in [-0.05, 0) is 25.8 Å². The Labute approximate surface area is 132 Å². The van der Waals surface area contributed by atoms with Gasteiger partial charge in [-0.15, -0.1) is 0 Å². The number of nitrogens with one attached hydrogen (secondary N) is 1. The molecule has 0 aromatic carbocycles. The summed E-state index contributed by atoms with van der Waals surface area (Å²) in [4.78, 5) is 19.8. The molecule has 1 aliphatic carbocycles. The minimum Gasteiger partial charge on any atom is -0.368 e. The summed E-state index contributed by atoms with van der Waals surface area (Å²) in [5.74, 6) is -0.464. The summed E-state index contributed by atoms with van der Waals surface area (Å²) in [5.41, 5.74) is 0.926. The minimum atomic E-state index is -4.33. The molecule has 1 N–H and O–H groups in total. The molecule has 0 spiro atoms. The van der Waals surface area contributed by atoms with Gasteiger partial charge in [0, 0.05) is 18.2 Å². The molecule has 1 amide bonds. The number of carbonyl (C=O) groups excluding carboxylic acids is 1. The average molecular weight is 331 g/mol. The van der Waals surface area contributed by atoms with Gasteiger partial charge in [-0.25, -0.2) is 9.97 Å². The molecule has 1 fully saturated rings. The summed E-state index contributed by atoms with van der Waals surface area (Å²) in [6.07, 6.45) is -0.395. The van der Waals surface area contributed by atoms with Crippen LogP contribution in [0.2, 0.25) is 0 Å². The molecule has 0 bridgehead atoms. The summed E-state index contributed by atoms with van der Waals surface area (Å²) in [6.45, 7) is 0.790. The number of aryl methyl sites for hydroxylation is 1. The Bertz CT molecular complexity index is 537. The average Bonchev–Trinajstić information content (AvgIpc) is 2.50. The van der Waals surface area contributed by atoms with E-state index < -0.39 is 18.9 Å². The van der Waals surface area contributed by atoms with Crippen LogP contribution < -0.4 is 5.32 Å². The molecule has 1 aromatic heterocycles. The van der Waals surface area contributed by atoms with Gasteiger partial charge in [0.05, 0.1) is 6.10 Å². The van der Waals surface area contributed by atoms with Gasteiger partial charge >= 0.3 is 6.18 Å². The standard InChI is InChI=1S/C15H20F3N3O2/c1-10-6-12(21-9-20-10)14(22)19-7-11-4-2-3-5-13(11)23-8-15(16,17)18/h6,9,11,13H,2-5,7-8H2,1H3,(H,19,22)/t11-,13+/m1/s1. The van der Waals surface area contributed by atoms with Gasteiger partial charge < -0.3 is 10.1 Å². The van der Waals surface area contributed by atoms with Crippen LogP contribution in [0.4, 0.5) is 13.2 Å². The van der Waals surface area contributed by atoms with E-state index >= 15 is 0 Å². The third-order valence-electron chi connectivity index (χ3n) is 3.86. The van der Waals surface area contributed by atoms with Crippen molar-refractivity contribution in [3.05, 3.63) is 23.8 Å². The first-order valence-corrected chi connectivity index (χ1v) is 7.60. The SMILES string of the molecule is Cc1cc(C(=O)NC[C@H]2CCCC[C@@H]2OCC(F)(F)F)ncn1. The summed E-state index contributed by atoms with van der Waals surface area (Å²) in [5, 5.41) is 2.73. The van der Waals surface area contributed by atoms with Gasteiger partial charge in [-0.3, -0.25) is 4.79 Å². The van der Waals surface area contributed by atoms with Crippen LogP contribution in [0.1, 0.15) is 41.9 Å². The van der Waals surface area contributed by atoms with Crippen molar-refractivity contribution in [1.29, 1.82) is 0 Å². The fourth-order valence-electron chi connectivity index (χ4n) is 2.72. The number of hydrogen-bond acceptors (Lipinski definition) is 4. The van der Waals surface area contributed by atoms with Crippen molar-refractivity contribution in [1.82, 2.24) is 15.3 Å². The van der Waals surface area contributed by atoms with Gasteiger partial charge in [0.15, 0.2) is 0 Å². The topological polar surface area (TPSA) is 64.1 Å². The van der Waals surface area contributed by atoms with Gasteiger partial charge in [0.1, 0.15) is 18.6 Å². The van der Waals surface area contributed by atoms with Gasteiger partial charge in [0.25, 0.3) is 5.91 Å². The van der Waals surface area contributed by atoms with Gasteiger partial charge in [0.2, 0.25) is 0 Å². The van der Waals surface area contributed by atoms with Crippen LogP contribution in [0, 0.1) is 12.8 Å². The lowest BCUT2D eigenvalue weighted by Gasteiger charge is -2.31. The number of hydrogen-bond donors (Lipinski definition) is 1. The summed E-state index contributed by atoms with van der Waals surface area (Å²) in [7, 11) is 0. The molecule has 8 heteroatoms. The molecule has 0 unspecified atom stereocenters. The number of nitrogens with zero attached hydrogens (tertiary/aromatic N) is 2. The molecule has 2 rings (SSSR count). The van der Waals surface area contributed by atoms with Crippen LogP contribution in [0.3, 0.4) is 0 Å². The second-order valence-corrected chi connectivity index (χ2v) is 5.76. The molecule has 1 aliphatic rings. The smallest absolute Gasteiger partial charge is 0.368 e. The van der Waals surface area contributed by atoms with Crippen molar-refractivity contribution < 1.29 is 22.7 Å². The van der Waals surface area contributed by atoms with E-state index in [1.165, 1.54) is 6.33 Å². The number of amides is 1. The number of rotatable bonds is 5. The Hall–Kier alpha value is -1.70. The molecular formula is C15H20F3N3O2. The number of halogens is 3. The number of alkyl halides is 3. The van der Waals surface area contributed by atoms with E-state index in [0.29, 0.717) is 12.1 Å². The fourth-order valence-corrected chi connectivity index (χ4v) is 2.72. The van der Waals surface area contributed by atoms with Gasteiger partial charge in [-0.2, -0.15) is 13.2 Å². The zero-order valence-electron chi connectivity index (χ0n) is 12.9. The van der Waals surface area contributed by atoms with Crippen LogP contribution in [0.15, 0.2) is 12.4 Å². The molecule has 23 heavy (non-hydrogen) atoms. The zero-order chi connectivity index (χ0) is 16.9. The van der Waals surface area contributed by atoms with Gasteiger partial charge in [-0.1, -0.05) is 12.8 Å². The minimum absolute atomic E-state index is 0.113. The van der Waals surface area contributed by atoms with Crippen molar-refractivity contribution in [2.24, 2.45) is 5.92 Å². The maximum absolute atomic E-state index is 12.3. The maximum Gasteiger partial charge on any atom is 0.411 e. The quantitative estimate of drug-likeness (QED) is 0.901. The third-order valence-corrected chi connectivity index (χ3v) is 3.86. The highest BCUT2D eigenvalue weighted by Gasteiger charge is 2.33. The van der Waals surface area contributed by atoms with Crippen molar-refractivity contribution in [2.75, 3.05) is 13.2 Å². The van der Waals surface area contributed by atoms with E-state index in [1.807, 2.05) is 0 Å². The number of aromatic nitrogens is 2. The maximum atomic E-state index is 12.3. The van der Waals surface area contributed by atoms with E-state index in [0.717, 1.165) is 19.3 Å². The summed E-state index contributed by atoms with van der Waals surface area (Å²) < 4.78 is 41.9. The fraction of sp³-hybridized carbons (Fsp3) is 0.667. The predicted molar refractivity (Wildman–Crippen MR) is 76.9 cm³/mol. The molecule has 128 valence electrons. The predicted octanol–water partition coefficient (Wildman–Crippen LogP) is 2.65. The first-order chi connectivity index (χ1) is 10.8. The van der Waals surface area contributed by atoms with Crippen molar-refractivity contribution in [3.63, 3.8) is 0 Å². The molecule has 0 saturated heterocycles. The van der Waals surface area contributed by atoms with Crippen LogP contribution in [-0.4, -0.2) is 41.3 Å². The molecule has 5 nitrogen and oxygen atoms in total. The lowest BCUT2D eigenvalue weighted by atomic mass is 9.86. The van der Waals surface area contributed by atoms with Crippen LogP contribution >= 0.6 is 0 Å². The van der Waals surface area contributed by atoms with E-state index in [4.69, 9.17) is 4.74 Å². The van der Waals surface area contributed by atoms with E-state index in [1.54, 1.807) is 13.0 Å². The van der Waals surface area contributed by atoms with Crippen LogP contribution in [0.5, 0.6) is 0 Å². The van der Waals surface area contributed by atoms with Crippen molar-refractivity contribution in [2.45, 2.75) is 44.9 Å². The Morgan fingerprint density at radius 1 is 1.35 bits per heavy atom. The molecule has 0 aliphatic heterocycles. The molecule has 1 heterocycles.